The Morgan fingerprint density at radius 2 is 2.00 bits per heavy atom. The molecule has 0 bridgehead atoms. The largest absolute Gasteiger partial charge is 0.381 e. The lowest BCUT2D eigenvalue weighted by Crippen LogP contribution is -2.48. The smallest absolute Gasteiger partial charge is 0.234 e. The van der Waals surface area contributed by atoms with Crippen LogP contribution in [-0.2, 0) is 16.1 Å². The standard InChI is InChI=1S/C18H28N2O2/c1-14(2)20(17-8-10-22-11-9-17)13-18(21)19-12-16-7-5-4-6-15(16)3/h4-7,14,17H,8-13H2,1-3H3,(H,19,21). The van der Waals surface area contributed by atoms with E-state index in [9.17, 15) is 4.79 Å². The van der Waals surface area contributed by atoms with Crippen LogP contribution in [0.25, 0.3) is 0 Å². The Kier molecular flexibility index (Phi) is 6.40. The highest BCUT2D eigenvalue weighted by atomic mass is 16.5. The number of ether oxygens (including phenoxy) is 1. The maximum Gasteiger partial charge on any atom is 0.234 e. The minimum absolute atomic E-state index is 0.100. The summed E-state index contributed by atoms with van der Waals surface area (Å²) in [6.45, 7) is 9.06. The molecule has 22 heavy (non-hydrogen) atoms. The Morgan fingerprint density at radius 3 is 2.64 bits per heavy atom. The fourth-order valence-corrected chi connectivity index (χ4v) is 2.97. The van der Waals surface area contributed by atoms with Crippen molar-refractivity contribution in [1.29, 1.82) is 0 Å². The fourth-order valence-electron chi connectivity index (χ4n) is 2.97. The summed E-state index contributed by atoms with van der Waals surface area (Å²) in [5.74, 6) is 0.100. The molecule has 4 nitrogen and oxygen atoms in total. The molecule has 122 valence electrons. The van der Waals surface area contributed by atoms with Crippen LogP contribution in [0.15, 0.2) is 24.3 Å². The molecule has 1 fully saturated rings. The maximum absolute atomic E-state index is 12.3. The normalized spacial score (nSPS) is 16.2. The van der Waals surface area contributed by atoms with Gasteiger partial charge in [-0.25, -0.2) is 0 Å². The summed E-state index contributed by atoms with van der Waals surface area (Å²) in [7, 11) is 0. The van der Waals surface area contributed by atoms with Crippen LogP contribution in [-0.4, -0.2) is 42.6 Å². The number of rotatable bonds is 6. The first kappa shape index (κ1) is 17.0. The summed E-state index contributed by atoms with van der Waals surface area (Å²) in [5.41, 5.74) is 2.39. The third-order valence-corrected chi connectivity index (χ3v) is 4.39. The third-order valence-electron chi connectivity index (χ3n) is 4.39. The van der Waals surface area contributed by atoms with E-state index in [0.29, 0.717) is 25.2 Å². The van der Waals surface area contributed by atoms with Crippen molar-refractivity contribution in [3.8, 4) is 0 Å². The zero-order valence-electron chi connectivity index (χ0n) is 14.0. The van der Waals surface area contributed by atoms with Crippen LogP contribution in [0, 0.1) is 6.92 Å². The van der Waals surface area contributed by atoms with Crippen molar-refractivity contribution >= 4 is 5.91 Å². The second-order valence-electron chi connectivity index (χ2n) is 6.31. The molecule has 2 rings (SSSR count). The second kappa shape index (κ2) is 8.30. The van der Waals surface area contributed by atoms with E-state index in [-0.39, 0.29) is 5.91 Å². The lowest BCUT2D eigenvalue weighted by molar-refractivity contribution is -0.124. The Balaban J connectivity index is 1.87. The topological polar surface area (TPSA) is 41.6 Å². The van der Waals surface area contributed by atoms with Gasteiger partial charge in [-0.2, -0.15) is 0 Å². The van der Waals surface area contributed by atoms with Crippen LogP contribution in [0.5, 0.6) is 0 Å². The number of hydrogen-bond donors (Lipinski definition) is 1. The number of aryl methyl sites for hydroxylation is 1. The Labute approximate surface area is 133 Å². The average molecular weight is 304 g/mol. The quantitative estimate of drug-likeness (QED) is 0.878. The molecular formula is C18H28N2O2. The number of hydrogen-bond acceptors (Lipinski definition) is 3. The van der Waals surface area contributed by atoms with Crippen LogP contribution in [0.1, 0.15) is 37.8 Å². The summed E-state index contributed by atoms with van der Waals surface area (Å²) in [4.78, 5) is 14.6. The minimum atomic E-state index is 0.100. The van der Waals surface area contributed by atoms with E-state index >= 15 is 0 Å². The van der Waals surface area contributed by atoms with Gasteiger partial charge < -0.3 is 10.1 Å². The molecule has 0 atom stereocenters. The lowest BCUT2D eigenvalue weighted by atomic mass is 10.1. The average Bonchev–Trinajstić information content (AvgIpc) is 2.52. The molecular weight excluding hydrogens is 276 g/mol. The molecule has 4 heteroatoms. The summed E-state index contributed by atoms with van der Waals surface area (Å²) in [5, 5.41) is 3.05. The zero-order valence-corrected chi connectivity index (χ0v) is 14.0. The molecule has 1 saturated heterocycles. The zero-order chi connectivity index (χ0) is 15.9. The molecule has 1 aromatic carbocycles. The monoisotopic (exact) mass is 304 g/mol. The van der Waals surface area contributed by atoms with Crippen LogP contribution in [0.3, 0.4) is 0 Å². The van der Waals surface area contributed by atoms with Crippen molar-refractivity contribution in [3.05, 3.63) is 35.4 Å². The molecule has 1 aliphatic heterocycles. The van der Waals surface area contributed by atoms with Crippen LogP contribution in [0.2, 0.25) is 0 Å². The van der Waals surface area contributed by atoms with E-state index in [1.54, 1.807) is 0 Å². The van der Waals surface area contributed by atoms with Gasteiger partial charge in [0.05, 0.1) is 6.54 Å². The number of amides is 1. The van der Waals surface area contributed by atoms with E-state index in [1.807, 2.05) is 12.1 Å². The van der Waals surface area contributed by atoms with Gasteiger partial charge in [0.2, 0.25) is 5.91 Å². The number of nitrogens with zero attached hydrogens (tertiary/aromatic N) is 1. The molecule has 0 unspecified atom stereocenters. The summed E-state index contributed by atoms with van der Waals surface area (Å²) in [6, 6.07) is 8.99. The van der Waals surface area contributed by atoms with Gasteiger partial charge in [0.25, 0.3) is 0 Å². The van der Waals surface area contributed by atoms with Crippen molar-refractivity contribution in [2.75, 3.05) is 19.8 Å². The molecule has 0 saturated carbocycles. The summed E-state index contributed by atoms with van der Waals surface area (Å²) < 4.78 is 5.43. The molecule has 0 aliphatic carbocycles. The van der Waals surface area contributed by atoms with Crippen LogP contribution < -0.4 is 5.32 Å². The van der Waals surface area contributed by atoms with Crippen molar-refractivity contribution in [1.82, 2.24) is 10.2 Å². The first-order chi connectivity index (χ1) is 10.6. The predicted octanol–water partition coefficient (Wildman–Crippen LogP) is 2.50. The molecule has 1 amide bonds. The van der Waals surface area contributed by atoms with Crippen molar-refractivity contribution in [3.63, 3.8) is 0 Å². The highest BCUT2D eigenvalue weighted by molar-refractivity contribution is 5.78. The highest BCUT2D eigenvalue weighted by Crippen LogP contribution is 2.16. The van der Waals surface area contributed by atoms with Crippen molar-refractivity contribution in [2.24, 2.45) is 0 Å². The van der Waals surface area contributed by atoms with Gasteiger partial charge in [0.1, 0.15) is 0 Å². The maximum atomic E-state index is 12.3. The number of nitrogens with one attached hydrogen (secondary N) is 1. The molecule has 1 aromatic rings. The van der Waals surface area contributed by atoms with Crippen LogP contribution >= 0.6 is 0 Å². The summed E-state index contributed by atoms with van der Waals surface area (Å²) >= 11 is 0. The van der Waals surface area contributed by atoms with Gasteiger partial charge in [-0.05, 0) is 44.7 Å². The molecule has 0 aromatic heterocycles. The van der Waals surface area contributed by atoms with Gasteiger partial charge in [0, 0.05) is 31.8 Å². The van der Waals surface area contributed by atoms with E-state index in [4.69, 9.17) is 4.74 Å². The van der Waals surface area contributed by atoms with Crippen LogP contribution in [0.4, 0.5) is 0 Å². The van der Waals surface area contributed by atoms with Crippen molar-refractivity contribution < 1.29 is 9.53 Å². The Hall–Kier alpha value is -1.39. The van der Waals surface area contributed by atoms with Gasteiger partial charge in [-0.1, -0.05) is 24.3 Å². The van der Waals surface area contributed by atoms with E-state index in [2.05, 4.69) is 43.1 Å². The first-order valence-corrected chi connectivity index (χ1v) is 8.22. The molecule has 1 aliphatic rings. The minimum Gasteiger partial charge on any atom is -0.381 e. The van der Waals surface area contributed by atoms with Gasteiger partial charge in [-0.15, -0.1) is 0 Å². The Morgan fingerprint density at radius 1 is 1.32 bits per heavy atom. The first-order valence-electron chi connectivity index (χ1n) is 8.22. The van der Waals surface area contributed by atoms with Gasteiger partial charge >= 0.3 is 0 Å². The number of benzene rings is 1. The highest BCUT2D eigenvalue weighted by Gasteiger charge is 2.25. The number of carbonyl (C=O) groups is 1. The van der Waals surface area contributed by atoms with E-state index < -0.39 is 0 Å². The van der Waals surface area contributed by atoms with E-state index in [1.165, 1.54) is 11.1 Å². The number of carbonyl (C=O) groups excluding carboxylic acids is 1. The van der Waals surface area contributed by atoms with E-state index in [0.717, 1.165) is 26.1 Å². The second-order valence-corrected chi connectivity index (χ2v) is 6.31. The molecule has 0 spiro atoms. The fraction of sp³-hybridized carbons (Fsp3) is 0.611. The van der Waals surface area contributed by atoms with Gasteiger partial charge in [-0.3, -0.25) is 9.69 Å². The van der Waals surface area contributed by atoms with Crippen molar-refractivity contribution in [2.45, 2.75) is 52.2 Å². The molecule has 0 radical (unpaired) electrons. The Bertz CT molecular complexity index is 482. The SMILES string of the molecule is Cc1ccccc1CNC(=O)CN(C(C)C)C1CCOCC1. The predicted molar refractivity (Wildman–Crippen MR) is 88.7 cm³/mol. The van der Waals surface area contributed by atoms with Gasteiger partial charge in [0.15, 0.2) is 0 Å². The molecule has 1 heterocycles. The molecule has 1 N–H and O–H groups in total. The third kappa shape index (κ3) is 4.82. The summed E-state index contributed by atoms with van der Waals surface area (Å²) in [6.07, 6.45) is 2.03. The lowest BCUT2D eigenvalue weighted by Gasteiger charge is -2.36.